The highest BCUT2D eigenvalue weighted by Gasteiger charge is 2.31. The number of nitro groups is 1. The number of carbonyl (C=O) groups is 2. The van der Waals surface area contributed by atoms with E-state index >= 15 is 0 Å². The Morgan fingerprint density at radius 2 is 1.77 bits per heavy atom. The smallest absolute Gasteiger partial charge is 0.269 e. The van der Waals surface area contributed by atoms with Gasteiger partial charge in [-0.2, -0.15) is 0 Å². The highest BCUT2D eigenvalue weighted by molar-refractivity contribution is 6.38. The van der Waals surface area contributed by atoms with Gasteiger partial charge in [0.05, 0.1) is 16.2 Å². The predicted molar refractivity (Wildman–Crippen MR) is 109 cm³/mol. The fourth-order valence-corrected chi connectivity index (χ4v) is 3.24. The van der Waals surface area contributed by atoms with Crippen molar-refractivity contribution in [3.05, 3.63) is 105 Å². The predicted octanol–water partition coefficient (Wildman–Crippen LogP) is 3.54. The van der Waals surface area contributed by atoms with Crippen molar-refractivity contribution >= 4 is 28.7 Å². The molecular formula is C22H15N3O5. The number of Topliss-reactive ketones (excluding diaryl/α,β-unsaturated/α-hetero) is 1. The van der Waals surface area contributed by atoms with E-state index in [0.717, 1.165) is 0 Å². The van der Waals surface area contributed by atoms with Crippen LogP contribution in [0.1, 0.15) is 37.5 Å². The van der Waals surface area contributed by atoms with Crippen LogP contribution in [0, 0.1) is 10.1 Å². The maximum absolute atomic E-state index is 12.7. The van der Waals surface area contributed by atoms with Crippen LogP contribution in [0.3, 0.4) is 0 Å². The van der Waals surface area contributed by atoms with Gasteiger partial charge < -0.3 is 10.4 Å². The number of fused-ring (bicyclic) bond motifs is 1. The Morgan fingerprint density at radius 3 is 2.43 bits per heavy atom. The number of amides is 1. The van der Waals surface area contributed by atoms with Crippen LogP contribution in [-0.4, -0.2) is 26.7 Å². The lowest BCUT2D eigenvalue weighted by Gasteiger charge is -2.08. The number of non-ortho nitro benzene ring substituents is 1. The summed E-state index contributed by atoms with van der Waals surface area (Å²) in [6.07, 6.45) is 1.50. The van der Waals surface area contributed by atoms with Crippen molar-refractivity contribution in [3.63, 3.8) is 0 Å². The largest absolute Gasteiger partial charge is 0.506 e. The molecule has 8 heteroatoms. The lowest BCUT2D eigenvalue weighted by molar-refractivity contribution is -0.384. The average molecular weight is 401 g/mol. The van der Waals surface area contributed by atoms with E-state index in [1.54, 1.807) is 36.4 Å². The van der Waals surface area contributed by atoms with Crippen LogP contribution in [0.5, 0.6) is 0 Å². The van der Waals surface area contributed by atoms with E-state index in [0.29, 0.717) is 22.4 Å². The van der Waals surface area contributed by atoms with Crippen LogP contribution < -0.4 is 5.32 Å². The Morgan fingerprint density at radius 1 is 1.07 bits per heavy atom. The first-order chi connectivity index (χ1) is 14.5. The molecule has 2 aromatic carbocycles. The van der Waals surface area contributed by atoms with Gasteiger partial charge >= 0.3 is 0 Å². The van der Waals surface area contributed by atoms with Gasteiger partial charge in [0.1, 0.15) is 5.76 Å². The summed E-state index contributed by atoms with van der Waals surface area (Å²) in [5.41, 5.74) is 2.20. The molecule has 0 saturated heterocycles. The molecule has 1 heterocycles. The minimum Gasteiger partial charge on any atom is -0.506 e. The van der Waals surface area contributed by atoms with Crippen LogP contribution in [0.4, 0.5) is 5.69 Å². The molecule has 30 heavy (non-hydrogen) atoms. The van der Waals surface area contributed by atoms with Crippen LogP contribution in [-0.2, 0) is 6.54 Å². The van der Waals surface area contributed by atoms with E-state index in [2.05, 4.69) is 10.3 Å². The molecule has 4 rings (SSSR count). The summed E-state index contributed by atoms with van der Waals surface area (Å²) in [5, 5.41) is 23.9. The van der Waals surface area contributed by atoms with E-state index < -0.39 is 10.8 Å². The normalized spacial score (nSPS) is 12.6. The summed E-state index contributed by atoms with van der Waals surface area (Å²) in [6.45, 7) is 0.153. The second-order valence-electron chi connectivity index (χ2n) is 6.63. The van der Waals surface area contributed by atoms with Gasteiger partial charge in [-0.25, -0.2) is 0 Å². The van der Waals surface area contributed by atoms with Crippen LogP contribution >= 0.6 is 0 Å². The van der Waals surface area contributed by atoms with Gasteiger partial charge in [-0.1, -0.05) is 24.3 Å². The van der Waals surface area contributed by atoms with Gasteiger partial charge in [-0.3, -0.25) is 24.7 Å². The molecule has 1 amide bonds. The number of nitrogens with one attached hydrogen (secondary N) is 1. The molecule has 0 atom stereocenters. The molecule has 3 aromatic rings. The lowest BCUT2D eigenvalue weighted by atomic mass is 10.1. The fraction of sp³-hybridized carbons (Fsp3) is 0.0455. The van der Waals surface area contributed by atoms with Gasteiger partial charge in [0, 0.05) is 41.6 Å². The van der Waals surface area contributed by atoms with Gasteiger partial charge in [0.15, 0.2) is 5.78 Å². The number of allylic oxidation sites excluding steroid dienone is 1. The molecule has 0 fully saturated rings. The third-order valence-corrected chi connectivity index (χ3v) is 4.76. The number of aliphatic hydroxyl groups is 1. The second kappa shape index (κ2) is 7.59. The SMILES string of the molecule is O=C(NCc1ccnc(C2=C(O)c3ccccc3C2=O)c1)c1ccc([N+](=O)[O-])cc1. The van der Waals surface area contributed by atoms with Gasteiger partial charge in [-0.15, -0.1) is 0 Å². The number of aliphatic hydroxyl groups excluding tert-OH is 1. The quantitative estimate of drug-likeness (QED) is 0.498. The topological polar surface area (TPSA) is 122 Å². The monoisotopic (exact) mass is 401 g/mol. The molecule has 0 aliphatic heterocycles. The molecule has 0 radical (unpaired) electrons. The van der Waals surface area contributed by atoms with Crippen molar-refractivity contribution in [2.24, 2.45) is 0 Å². The zero-order chi connectivity index (χ0) is 21.3. The van der Waals surface area contributed by atoms with Gasteiger partial charge in [0.25, 0.3) is 11.6 Å². The van der Waals surface area contributed by atoms with E-state index in [4.69, 9.17) is 0 Å². The lowest BCUT2D eigenvalue weighted by Crippen LogP contribution is -2.22. The number of benzene rings is 2. The number of hydrogen-bond donors (Lipinski definition) is 2. The molecule has 8 nitrogen and oxygen atoms in total. The molecule has 2 N–H and O–H groups in total. The molecular weight excluding hydrogens is 386 g/mol. The van der Waals surface area contributed by atoms with Crippen molar-refractivity contribution in [2.45, 2.75) is 6.54 Å². The summed E-state index contributed by atoms with van der Waals surface area (Å²) in [4.78, 5) is 39.3. The molecule has 0 bridgehead atoms. The summed E-state index contributed by atoms with van der Waals surface area (Å²) >= 11 is 0. The molecule has 0 unspecified atom stereocenters. The van der Waals surface area contributed by atoms with Crippen molar-refractivity contribution in [1.29, 1.82) is 0 Å². The zero-order valence-corrected chi connectivity index (χ0v) is 15.5. The second-order valence-corrected chi connectivity index (χ2v) is 6.63. The summed E-state index contributed by atoms with van der Waals surface area (Å²) in [6, 6.07) is 15.4. The Bertz CT molecular complexity index is 1220. The maximum atomic E-state index is 12.7. The number of nitrogens with zero attached hydrogens (tertiary/aromatic N) is 2. The summed E-state index contributed by atoms with van der Waals surface area (Å²) in [5.74, 6) is -0.812. The Balaban J connectivity index is 1.51. The number of rotatable bonds is 5. The minimum atomic E-state index is -0.535. The first kappa shape index (κ1) is 19.0. The minimum absolute atomic E-state index is 0.0966. The van der Waals surface area contributed by atoms with Crippen molar-refractivity contribution in [2.75, 3.05) is 0 Å². The molecule has 1 aliphatic carbocycles. The molecule has 0 spiro atoms. The Hall–Kier alpha value is -4.33. The maximum Gasteiger partial charge on any atom is 0.269 e. The molecule has 1 aromatic heterocycles. The number of carbonyl (C=O) groups excluding carboxylic acids is 2. The molecule has 0 saturated carbocycles. The van der Waals surface area contributed by atoms with Crippen molar-refractivity contribution in [1.82, 2.24) is 10.3 Å². The van der Waals surface area contributed by atoms with Crippen molar-refractivity contribution < 1.29 is 19.6 Å². The number of ketones is 1. The zero-order valence-electron chi connectivity index (χ0n) is 15.5. The first-order valence-corrected chi connectivity index (χ1v) is 9.01. The third-order valence-electron chi connectivity index (χ3n) is 4.76. The fourth-order valence-electron chi connectivity index (χ4n) is 3.24. The van der Waals surface area contributed by atoms with E-state index in [-0.39, 0.29) is 34.9 Å². The third kappa shape index (κ3) is 3.42. The van der Waals surface area contributed by atoms with Crippen LogP contribution in [0.2, 0.25) is 0 Å². The van der Waals surface area contributed by atoms with Crippen LogP contribution in [0.25, 0.3) is 11.3 Å². The Labute approximate surface area is 170 Å². The standard InChI is InChI=1S/C22H15N3O5/c26-20-16-3-1-2-4-17(16)21(27)19(20)18-11-13(9-10-23-18)12-24-22(28)14-5-7-15(8-6-14)25(29)30/h1-11,26H,12H2,(H,24,28). The number of pyridine rings is 1. The van der Waals surface area contributed by atoms with E-state index in [1.165, 1.54) is 30.5 Å². The number of nitro benzene ring substituents is 1. The molecule has 1 aliphatic rings. The van der Waals surface area contributed by atoms with Gasteiger partial charge in [-0.05, 0) is 29.8 Å². The molecule has 148 valence electrons. The highest BCUT2D eigenvalue weighted by Crippen LogP contribution is 2.35. The van der Waals surface area contributed by atoms with E-state index in [1.807, 2.05) is 0 Å². The van der Waals surface area contributed by atoms with E-state index in [9.17, 15) is 24.8 Å². The average Bonchev–Trinajstić information content (AvgIpc) is 3.02. The van der Waals surface area contributed by atoms with Gasteiger partial charge in [0.2, 0.25) is 0 Å². The summed E-state index contributed by atoms with van der Waals surface area (Å²) < 4.78 is 0. The van der Waals surface area contributed by atoms with Crippen LogP contribution in [0.15, 0.2) is 66.9 Å². The highest BCUT2D eigenvalue weighted by atomic mass is 16.6. The Kier molecular flexibility index (Phi) is 4.81. The first-order valence-electron chi connectivity index (χ1n) is 9.01. The number of aromatic nitrogens is 1. The van der Waals surface area contributed by atoms with Crippen molar-refractivity contribution in [3.8, 4) is 0 Å². The number of hydrogen-bond acceptors (Lipinski definition) is 6. The summed E-state index contributed by atoms with van der Waals surface area (Å²) in [7, 11) is 0.